The van der Waals surface area contributed by atoms with Gasteiger partial charge < -0.3 is 14.5 Å². The van der Waals surface area contributed by atoms with E-state index in [0.29, 0.717) is 32.7 Å². The van der Waals surface area contributed by atoms with Gasteiger partial charge in [-0.2, -0.15) is 0 Å². The zero-order valence-electron chi connectivity index (χ0n) is 14.3. The second-order valence-electron chi connectivity index (χ2n) is 6.83. The van der Waals surface area contributed by atoms with E-state index in [0.717, 1.165) is 19.3 Å². The minimum Gasteiger partial charge on any atom is -0.378 e. The first-order chi connectivity index (χ1) is 11.6. The molecule has 2 fully saturated rings. The molecule has 0 aromatic heterocycles. The molecule has 0 unspecified atom stereocenters. The summed E-state index contributed by atoms with van der Waals surface area (Å²) in [6, 6.07) is 10.3. The van der Waals surface area contributed by atoms with Gasteiger partial charge in [0.25, 0.3) is 0 Å². The van der Waals surface area contributed by atoms with Crippen LogP contribution in [0.5, 0.6) is 0 Å². The van der Waals surface area contributed by atoms with Crippen molar-refractivity contribution in [3.8, 4) is 0 Å². The van der Waals surface area contributed by atoms with E-state index in [-0.39, 0.29) is 23.8 Å². The number of ether oxygens (including phenoxy) is 1. The molecule has 2 aliphatic rings. The Hall–Kier alpha value is -1.88. The molecule has 2 aliphatic heterocycles. The van der Waals surface area contributed by atoms with Crippen molar-refractivity contribution in [1.29, 1.82) is 0 Å². The number of rotatable bonds is 5. The Morgan fingerprint density at radius 2 is 1.96 bits per heavy atom. The van der Waals surface area contributed by atoms with Crippen LogP contribution in [-0.4, -0.2) is 61.0 Å². The third kappa shape index (κ3) is 3.96. The van der Waals surface area contributed by atoms with Crippen LogP contribution < -0.4 is 0 Å². The molecule has 0 spiro atoms. The topological polar surface area (TPSA) is 49.9 Å². The Labute approximate surface area is 143 Å². The van der Waals surface area contributed by atoms with Crippen LogP contribution in [0.4, 0.5) is 0 Å². The van der Waals surface area contributed by atoms with Gasteiger partial charge in [-0.25, -0.2) is 0 Å². The van der Waals surface area contributed by atoms with Crippen molar-refractivity contribution in [2.75, 3.05) is 33.4 Å². The molecular formula is C19H26N2O3. The summed E-state index contributed by atoms with van der Waals surface area (Å²) in [7, 11) is 1.82. The number of aryl methyl sites for hydroxylation is 1. The lowest BCUT2D eigenvalue weighted by Crippen LogP contribution is -2.45. The lowest BCUT2D eigenvalue weighted by molar-refractivity contribution is -0.134. The number of likely N-dealkylation sites (N-methyl/N-ethyl adjacent to an activating group) is 1. The minimum atomic E-state index is -0.212. The van der Waals surface area contributed by atoms with E-state index in [1.165, 1.54) is 5.56 Å². The monoisotopic (exact) mass is 330 g/mol. The first-order valence-corrected chi connectivity index (χ1v) is 8.81. The van der Waals surface area contributed by atoms with E-state index in [2.05, 4.69) is 12.1 Å². The third-order valence-electron chi connectivity index (χ3n) is 5.05. The summed E-state index contributed by atoms with van der Waals surface area (Å²) >= 11 is 0. The van der Waals surface area contributed by atoms with Crippen molar-refractivity contribution in [1.82, 2.24) is 9.80 Å². The maximum absolute atomic E-state index is 12.6. The summed E-state index contributed by atoms with van der Waals surface area (Å²) in [6.07, 6.45) is 3.47. The molecule has 24 heavy (non-hydrogen) atoms. The third-order valence-corrected chi connectivity index (χ3v) is 5.05. The Bertz CT molecular complexity index is 575. The van der Waals surface area contributed by atoms with E-state index in [1.54, 1.807) is 4.90 Å². The number of carbonyl (C=O) groups is 2. The molecule has 0 aliphatic carbocycles. The van der Waals surface area contributed by atoms with Crippen LogP contribution in [0.25, 0.3) is 0 Å². The lowest BCUT2D eigenvalue weighted by atomic mass is 10.1. The summed E-state index contributed by atoms with van der Waals surface area (Å²) in [4.78, 5) is 28.5. The van der Waals surface area contributed by atoms with Gasteiger partial charge in [-0.05, 0) is 24.8 Å². The standard InChI is InChI=1S/C19H26N2O3/c1-20-17-12-21(11-16(19(20)23)13-24-14-17)18(22)10-6-5-9-15-7-3-2-4-8-15/h2-4,7-8,16-17H,5-6,9-14H2,1H3/t16-,17+/m1/s1. The van der Waals surface area contributed by atoms with E-state index in [4.69, 9.17) is 4.74 Å². The molecule has 2 amide bonds. The molecule has 5 nitrogen and oxygen atoms in total. The molecule has 2 saturated heterocycles. The van der Waals surface area contributed by atoms with Crippen molar-refractivity contribution < 1.29 is 14.3 Å². The molecule has 5 heteroatoms. The van der Waals surface area contributed by atoms with Crippen molar-refractivity contribution in [2.24, 2.45) is 5.92 Å². The van der Waals surface area contributed by atoms with Gasteiger partial charge in [0.05, 0.1) is 25.2 Å². The SMILES string of the molecule is CN1C(=O)[C@H]2COC[C@@H]1CN(C(=O)CCCCc1ccccc1)C2. The summed E-state index contributed by atoms with van der Waals surface area (Å²) in [5.74, 6) is 0.0655. The summed E-state index contributed by atoms with van der Waals surface area (Å²) in [5.41, 5.74) is 1.32. The van der Waals surface area contributed by atoms with Crippen molar-refractivity contribution >= 4 is 11.8 Å². The molecule has 3 rings (SSSR count). The van der Waals surface area contributed by atoms with Crippen molar-refractivity contribution in [3.05, 3.63) is 35.9 Å². The van der Waals surface area contributed by atoms with Crippen LogP contribution >= 0.6 is 0 Å². The van der Waals surface area contributed by atoms with Crippen LogP contribution in [0, 0.1) is 5.92 Å². The molecule has 0 N–H and O–H groups in total. The molecular weight excluding hydrogens is 304 g/mol. The van der Waals surface area contributed by atoms with Crippen molar-refractivity contribution in [2.45, 2.75) is 31.7 Å². The van der Waals surface area contributed by atoms with Gasteiger partial charge in [0.2, 0.25) is 11.8 Å². The summed E-state index contributed by atoms with van der Waals surface area (Å²) in [5, 5.41) is 0. The largest absolute Gasteiger partial charge is 0.378 e. The maximum atomic E-state index is 12.6. The number of carbonyl (C=O) groups excluding carboxylic acids is 2. The predicted molar refractivity (Wildman–Crippen MR) is 91.4 cm³/mol. The van der Waals surface area contributed by atoms with Crippen LogP contribution in [0.2, 0.25) is 0 Å². The Kier molecular flexibility index (Phi) is 5.51. The zero-order valence-corrected chi connectivity index (χ0v) is 14.3. The van der Waals surface area contributed by atoms with E-state index < -0.39 is 0 Å². The first kappa shape index (κ1) is 17.0. The van der Waals surface area contributed by atoms with Gasteiger partial charge in [-0.3, -0.25) is 9.59 Å². The van der Waals surface area contributed by atoms with E-state index >= 15 is 0 Å². The number of unbranched alkanes of at least 4 members (excludes halogenated alkanes) is 1. The van der Waals surface area contributed by atoms with Crippen LogP contribution in [0.3, 0.4) is 0 Å². The van der Waals surface area contributed by atoms with Crippen LogP contribution in [-0.2, 0) is 20.7 Å². The number of hydrogen-bond acceptors (Lipinski definition) is 3. The Balaban J connectivity index is 1.49. The molecule has 1 aromatic rings. The van der Waals surface area contributed by atoms with Crippen molar-refractivity contribution in [3.63, 3.8) is 0 Å². The van der Waals surface area contributed by atoms with Crippen LogP contribution in [0.15, 0.2) is 30.3 Å². The smallest absolute Gasteiger partial charge is 0.229 e. The highest BCUT2D eigenvalue weighted by Crippen LogP contribution is 2.20. The Morgan fingerprint density at radius 1 is 1.17 bits per heavy atom. The number of nitrogens with zero attached hydrogens (tertiary/aromatic N) is 2. The molecule has 1 aromatic carbocycles. The highest BCUT2D eigenvalue weighted by atomic mass is 16.5. The zero-order chi connectivity index (χ0) is 16.9. The second kappa shape index (κ2) is 7.79. The maximum Gasteiger partial charge on any atom is 0.229 e. The number of fused-ring (bicyclic) bond motifs is 3. The van der Waals surface area contributed by atoms with Gasteiger partial charge >= 0.3 is 0 Å². The predicted octanol–water partition coefficient (Wildman–Crippen LogP) is 1.71. The molecule has 2 bridgehead atoms. The fourth-order valence-corrected chi connectivity index (χ4v) is 3.51. The molecule has 2 atom stereocenters. The fraction of sp³-hybridized carbons (Fsp3) is 0.579. The van der Waals surface area contributed by atoms with E-state index in [1.807, 2.05) is 30.1 Å². The van der Waals surface area contributed by atoms with Gasteiger partial charge in [-0.15, -0.1) is 0 Å². The lowest BCUT2D eigenvalue weighted by Gasteiger charge is -2.29. The fourth-order valence-electron chi connectivity index (χ4n) is 3.51. The highest BCUT2D eigenvalue weighted by molar-refractivity contribution is 5.82. The number of benzene rings is 1. The quantitative estimate of drug-likeness (QED) is 0.773. The highest BCUT2D eigenvalue weighted by Gasteiger charge is 2.38. The molecule has 2 heterocycles. The molecule has 130 valence electrons. The van der Waals surface area contributed by atoms with Gasteiger partial charge in [0, 0.05) is 26.6 Å². The number of hydrogen-bond donors (Lipinski definition) is 0. The number of amides is 2. The van der Waals surface area contributed by atoms with Gasteiger partial charge in [0.1, 0.15) is 0 Å². The normalized spacial score (nSPS) is 24.0. The second-order valence-corrected chi connectivity index (χ2v) is 6.83. The first-order valence-electron chi connectivity index (χ1n) is 8.81. The van der Waals surface area contributed by atoms with Gasteiger partial charge in [0.15, 0.2) is 0 Å². The summed E-state index contributed by atoms with van der Waals surface area (Å²) < 4.78 is 5.58. The molecule has 0 saturated carbocycles. The Morgan fingerprint density at radius 3 is 2.75 bits per heavy atom. The average Bonchev–Trinajstić information content (AvgIpc) is 2.78. The minimum absolute atomic E-state index is 0.0155. The van der Waals surface area contributed by atoms with E-state index in [9.17, 15) is 9.59 Å². The average molecular weight is 330 g/mol. The summed E-state index contributed by atoms with van der Waals surface area (Å²) in [6.45, 7) is 2.04. The van der Waals surface area contributed by atoms with Gasteiger partial charge in [-0.1, -0.05) is 30.3 Å². The molecule has 0 radical (unpaired) electrons. The van der Waals surface area contributed by atoms with Crippen LogP contribution in [0.1, 0.15) is 24.8 Å².